The lowest BCUT2D eigenvalue weighted by molar-refractivity contribution is -0.141. The number of benzene rings is 1. The van der Waals surface area contributed by atoms with Gasteiger partial charge in [-0.05, 0) is 55.1 Å². The molecule has 0 spiro atoms. The van der Waals surface area contributed by atoms with Gasteiger partial charge in [-0.3, -0.25) is 14.9 Å². The molecule has 9 heteroatoms. The summed E-state index contributed by atoms with van der Waals surface area (Å²) in [6.07, 6.45) is 2.02. The molecule has 1 fully saturated rings. The van der Waals surface area contributed by atoms with Gasteiger partial charge in [-0.15, -0.1) is 0 Å². The van der Waals surface area contributed by atoms with Crippen molar-refractivity contribution in [3.63, 3.8) is 0 Å². The van der Waals surface area contributed by atoms with Gasteiger partial charge in [-0.1, -0.05) is 30.3 Å². The summed E-state index contributed by atoms with van der Waals surface area (Å²) in [6, 6.07) is 12.9. The van der Waals surface area contributed by atoms with Gasteiger partial charge in [0.15, 0.2) is 5.69 Å². The zero-order chi connectivity index (χ0) is 22.7. The van der Waals surface area contributed by atoms with Crippen molar-refractivity contribution in [1.29, 1.82) is 0 Å². The number of nitrogens with one attached hydrogen (secondary N) is 1. The summed E-state index contributed by atoms with van der Waals surface area (Å²) in [6.45, 7) is 1.33. The highest BCUT2D eigenvalue weighted by Crippen LogP contribution is 2.35. The first kappa shape index (κ1) is 22.0. The second-order valence-electron chi connectivity index (χ2n) is 7.78. The van der Waals surface area contributed by atoms with Crippen LogP contribution in [0.25, 0.3) is 11.6 Å². The molecule has 6 nitrogen and oxygen atoms in total. The number of hydrogen-bond donors (Lipinski definition) is 2. The summed E-state index contributed by atoms with van der Waals surface area (Å²) >= 11 is 0. The maximum Gasteiger partial charge on any atom is 0.435 e. The molecule has 0 aliphatic carbocycles. The quantitative estimate of drug-likeness (QED) is 0.339. The number of likely N-dealkylation sites (tertiary alicyclic amines) is 1. The Hall–Kier alpha value is -3.17. The maximum absolute atomic E-state index is 13.6. The Bertz CT molecular complexity index is 1120. The highest BCUT2D eigenvalue weighted by Gasteiger charge is 2.38. The topological polar surface area (TPSA) is 69.9 Å². The Morgan fingerprint density at radius 2 is 2.00 bits per heavy atom. The third-order valence-electron chi connectivity index (χ3n) is 5.78. The zero-order valence-corrected chi connectivity index (χ0v) is 17.2. The Kier molecular flexibility index (Phi) is 6.29. The van der Waals surface area contributed by atoms with E-state index in [1.807, 2.05) is 24.3 Å². The lowest BCUT2D eigenvalue weighted by atomic mass is 10.0. The van der Waals surface area contributed by atoms with Gasteiger partial charge in [0.2, 0.25) is 0 Å². The fourth-order valence-electron chi connectivity index (χ4n) is 4.29. The number of carbonyl (C=O) groups is 1. The number of halogens is 3. The molecule has 32 heavy (non-hydrogen) atoms. The highest BCUT2D eigenvalue weighted by molar-refractivity contribution is 5.90. The Labute approximate surface area is 182 Å². The standard InChI is InChI=1S/C23H23F3N4O2/c24-23(25,26)22-18(20-4-1-2-14-30(20)27-22)12-15-29-13-3-5-19(29)17-9-6-16(7-10-17)8-11-21(31)28-32/h1-2,4,6-11,14,19,32H,3,5,12-13,15H2,(H,28,31). The molecule has 3 heterocycles. The minimum Gasteiger partial charge on any atom is -0.296 e. The molecule has 0 saturated carbocycles. The molecule has 2 N–H and O–H groups in total. The van der Waals surface area contributed by atoms with Crippen molar-refractivity contribution < 1.29 is 23.2 Å². The molecular weight excluding hydrogens is 421 g/mol. The number of alkyl halides is 3. The van der Waals surface area contributed by atoms with E-state index in [0.29, 0.717) is 12.1 Å². The highest BCUT2D eigenvalue weighted by atomic mass is 19.4. The summed E-state index contributed by atoms with van der Waals surface area (Å²) in [7, 11) is 0. The molecule has 1 aliphatic rings. The normalized spacial score (nSPS) is 17.4. The molecule has 1 amide bonds. The van der Waals surface area contributed by atoms with E-state index < -0.39 is 17.8 Å². The van der Waals surface area contributed by atoms with Crippen LogP contribution in [0.2, 0.25) is 0 Å². The number of rotatable bonds is 6. The van der Waals surface area contributed by atoms with Crippen LogP contribution in [0.15, 0.2) is 54.7 Å². The van der Waals surface area contributed by atoms with E-state index >= 15 is 0 Å². The van der Waals surface area contributed by atoms with Crippen molar-refractivity contribution in [2.45, 2.75) is 31.5 Å². The number of nitrogens with zero attached hydrogens (tertiary/aromatic N) is 3. The fraction of sp³-hybridized carbons (Fsp3) is 0.304. The van der Waals surface area contributed by atoms with Gasteiger partial charge in [0, 0.05) is 30.4 Å². The van der Waals surface area contributed by atoms with E-state index in [0.717, 1.165) is 30.5 Å². The van der Waals surface area contributed by atoms with Crippen LogP contribution < -0.4 is 5.48 Å². The van der Waals surface area contributed by atoms with E-state index in [2.05, 4.69) is 10.00 Å². The third kappa shape index (κ3) is 4.68. The van der Waals surface area contributed by atoms with Gasteiger partial charge < -0.3 is 0 Å². The molecule has 1 aromatic carbocycles. The summed E-state index contributed by atoms with van der Waals surface area (Å²) in [5.74, 6) is -0.609. The zero-order valence-electron chi connectivity index (χ0n) is 17.2. The summed E-state index contributed by atoms with van der Waals surface area (Å²) < 4.78 is 42.0. The molecule has 0 radical (unpaired) electrons. The van der Waals surface area contributed by atoms with E-state index in [9.17, 15) is 18.0 Å². The van der Waals surface area contributed by atoms with Gasteiger partial charge in [-0.25, -0.2) is 10.00 Å². The number of hydroxylamine groups is 1. The number of carbonyl (C=O) groups excluding carboxylic acids is 1. The number of fused-ring (bicyclic) bond motifs is 1. The second-order valence-corrected chi connectivity index (χ2v) is 7.78. The van der Waals surface area contributed by atoms with Crippen molar-refractivity contribution in [3.8, 4) is 0 Å². The van der Waals surface area contributed by atoms with Gasteiger partial charge in [0.25, 0.3) is 5.91 Å². The lowest BCUT2D eigenvalue weighted by Gasteiger charge is -2.25. The summed E-state index contributed by atoms with van der Waals surface area (Å²) in [5, 5.41) is 12.3. The van der Waals surface area contributed by atoms with Crippen molar-refractivity contribution in [2.24, 2.45) is 0 Å². The average Bonchev–Trinajstić information content (AvgIpc) is 3.40. The predicted octanol–water partition coefficient (Wildman–Crippen LogP) is 4.25. The molecule has 3 aromatic rings. The molecular formula is C23H23F3N4O2. The molecule has 1 unspecified atom stereocenters. The van der Waals surface area contributed by atoms with Crippen molar-refractivity contribution in [2.75, 3.05) is 13.1 Å². The minimum absolute atomic E-state index is 0.130. The van der Waals surface area contributed by atoms with Crippen LogP contribution in [0.1, 0.15) is 41.3 Å². The van der Waals surface area contributed by atoms with Gasteiger partial charge in [0.1, 0.15) is 0 Å². The Morgan fingerprint density at radius 1 is 1.22 bits per heavy atom. The Morgan fingerprint density at radius 3 is 2.72 bits per heavy atom. The van der Waals surface area contributed by atoms with E-state index in [1.165, 1.54) is 22.3 Å². The van der Waals surface area contributed by atoms with E-state index in [4.69, 9.17) is 5.21 Å². The summed E-state index contributed by atoms with van der Waals surface area (Å²) in [5.41, 5.74) is 3.33. The van der Waals surface area contributed by atoms with Crippen LogP contribution in [0.4, 0.5) is 13.2 Å². The summed E-state index contributed by atoms with van der Waals surface area (Å²) in [4.78, 5) is 13.3. The molecule has 168 valence electrons. The molecule has 1 aliphatic heterocycles. The van der Waals surface area contributed by atoms with Gasteiger partial charge in [-0.2, -0.15) is 18.3 Å². The van der Waals surface area contributed by atoms with Gasteiger partial charge >= 0.3 is 6.18 Å². The first-order chi connectivity index (χ1) is 15.4. The molecule has 0 bridgehead atoms. The van der Waals surface area contributed by atoms with E-state index in [1.54, 1.807) is 24.3 Å². The van der Waals surface area contributed by atoms with Crippen molar-refractivity contribution in [3.05, 3.63) is 77.1 Å². The number of aromatic nitrogens is 2. The van der Waals surface area contributed by atoms with Crippen LogP contribution >= 0.6 is 0 Å². The van der Waals surface area contributed by atoms with Crippen LogP contribution in [-0.4, -0.2) is 38.7 Å². The minimum atomic E-state index is -4.50. The predicted molar refractivity (Wildman–Crippen MR) is 113 cm³/mol. The fourth-order valence-corrected chi connectivity index (χ4v) is 4.29. The van der Waals surface area contributed by atoms with Gasteiger partial charge in [0.05, 0.1) is 5.52 Å². The molecule has 1 saturated heterocycles. The average molecular weight is 444 g/mol. The maximum atomic E-state index is 13.6. The largest absolute Gasteiger partial charge is 0.435 e. The van der Waals surface area contributed by atoms with Crippen LogP contribution in [0.3, 0.4) is 0 Å². The second kappa shape index (κ2) is 9.13. The molecule has 2 aromatic heterocycles. The Balaban J connectivity index is 1.50. The van der Waals surface area contributed by atoms with E-state index in [-0.39, 0.29) is 18.0 Å². The first-order valence-corrected chi connectivity index (χ1v) is 10.4. The van der Waals surface area contributed by atoms with Crippen molar-refractivity contribution >= 4 is 17.5 Å². The number of pyridine rings is 1. The van der Waals surface area contributed by atoms with Crippen molar-refractivity contribution in [1.82, 2.24) is 20.0 Å². The first-order valence-electron chi connectivity index (χ1n) is 10.4. The van der Waals surface area contributed by atoms with Crippen LogP contribution in [0.5, 0.6) is 0 Å². The SMILES string of the molecule is O=C(C=Cc1ccc(C2CCCN2CCc2c(C(F)(F)F)nn3ccccc23)cc1)NO. The van der Waals surface area contributed by atoms with Crippen LogP contribution in [0, 0.1) is 0 Å². The molecule has 1 atom stereocenters. The molecule has 4 rings (SSSR count). The lowest BCUT2D eigenvalue weighted by Crippen LogP contribution is -2.26. The monoisotopic (exact) mass is 444 g/mol. The number of hydrogen-bond acceptors (Lipinski definition) is 4. The van der Waals surface area contributed by atoms with Crippen LogP contribution in [-0.2, 0) is 17.4 Å². The third-order valence-corrected chi connectivity index (χ3v) is 5.78. The number of amides is 1. The smallest absolute Gasteiger partial charge is 0.296 e.